The summed E-state index contributed by atoms with van der Waals surface area (Å²) in [6.07, 6.45) is -4.48. The average Bonchev–Trinajstić information content (AvgIpc) is 2.84. The molecule has 2 rings (SSSR count). The van der Waals surface area contributed by atoms with Gasteiger partial charge in [-0.05, 0) is 23.8 Å². The van der Waals surface area contributed by atoms with Crippen molar-refractivity contribution >= 4 is 29.9 Å². The van der Waals surface area contributed by atoms with Gasteiger partial charge < -0.3 is 16.4 Å². The number of halogens is 4. The zero-order valence-corrected chi connectivity index (χ0v) is 12.2. The summed E-state index contributed by atoms with van der Waals surface area (Å²) in [6.45, 7) is 0.115. The Bertz CT molecular complexity index is 578. The summed E-state index contributed by atoms with van der Waals surface area (Å²) in [5.41, 5.74) is 4.78. The lowest BCUT2D eigenvalue weighted by molar-refractivity contribution is -0.137. The molecule has 1 aromatic carbocycles. The molecule has 1 aliphatic heterocycles. The number of nitrogens with one attached hydrogen (secondary N) is 2. The van der Waals surface area contributed by atoms with Gasteiger partial charge in [0, 0.05) is 25.2 Å². The van der Waals surface area contributed by atoms with Crippen LogP contribution in [0.25, 0.3) is 0 Å². The van der Waals surface area contributed by atoms with Crippen LogP contribution >= 0.6 is 12.4 Å². The van der Waals surface area contributed by atoms with E-state index < -0.39 is 23.6 Å². The minimum absolute atomic E-state index is 0. The summed E-state index contributed by atoms with van der Waals surface area (Å²) in [5, 5.41) is 4.90. The van der Waals surface area contributed by atoms with E-state index in [1.54, 1.807) is 0 Å². The van der Waals surface area contributed by atoms with Gasteiger partial charge >= 0.3 is 6.18 Å². The Balaban J connectivity index is 0.00000242. The molecule has 1 unspecified atom stereocenters. The summed E-state index contributed by atoms with van der Waals surface area (Å²) >= 11 is 0. The van der Waals surface area contributed by atoms with Crippen LogP contribution in [0.4, 0.5) is 18.9 Å². The third-order valence-electron chi connectivity index (χ3n) is 3.17. The maximum absolute atomic E-state index is 12.8. The first-order valence-corrected chi connectivity index (χ1v) is 6.28. The van der Waals surface area contributed by atoms with E-state index >= 15 is 0 Å². The van der Waals surface area contributed by atoms with Gasteiger partial charge in [-0.1, -0.05) is 0 Å². The highest BCUT2D eigenvalue weighted by Crippen LogP contribution is 2.32. The van der Waals surface area contributed by atoms with Crippen molar-refractivity contribution in [2.24, 2.45) is 11.7 Å². The minimum atomic E-state index is -4.52. The third kappa shape index (κ3) is 4.35. The first kappa shape index (κ1) is 18.2. The Kier molecular flexibility index (Phi) is 5.78. The molecule has 1 aliphatic rings. The Morgan fingerprint density at radius 1 is 1.36 bits per heavy atom. The number of nitrogens with two attached hydrogens (primary N) is 1. The molecule has 0 bridgehead atoms. The van der Waals surface area contributed by atoms with Crippen molar-refractivity contribution in [2.75, 3.05) is 11.9 Å². The molecule has 2 amide bonds. The number of hydrogen-bond acceptors (Lipinski definition) is 3. The average molecular weight is 338 g/mol. The quantitative estimate of drug-likeness (QED) is 0.784. The summed E-state index contributed by atoms with van der Waals surface area (Å²) in [4.78, 5) is 22.9. The standard InChI is InChI=1S/C13H14F3N3O2.ClH/c14-13(15,16)9-1-7(5-17)2-10(4-9)19-12(21)8-3-11(20)18-6-8;/h1-2,4,8H,3,5-6,17H2,(H,18,20)(H,19,21);1H. The third-order valence-corrected chi connectivity index (χ3v) is 3.17. The van der Waals surface area contributed by atoms with E-state index in [4.69, 9.17) is 5.73 Å². The Morgan fingerprint density at radius 3 is 2.55 bits per heavy atom. The van der Waals surface area contributed by atoms with Gasteiger partial charge in [0.05, 0.1) is 11.5 Å². The van der Waals surface area contributed by atoms with Gasteiger partial charge in [-0.15, -0.1) is 12.4 Å². The van der Waals surface area contributed by atoms with Crippen molar-refractivity contribution in [2.45, 2.75) is 19.1 Å². The van der Waals surface area contributed by atoms with Crippen LogP contribution in [-0.4, -0.2) is 18.4 Å². The second-order valence-corrected chi connectivity index (χ2v) is 4.81. The highest BCUT2D eigenvalue weighted by Gasteiger charge is 2.32. The molecule has 1 atom stereocenters. The molecule has 9 heteroatoms. The van der Waals surface area contributed by atoms with E-state index in [0.717, 1.165) is 12.1 Å². The summed E-state index contributed by atoms with van der Waals surface area (Å²) in [7, 11) is 0. The van der Waals surface area contributed by atoms with Crippen molar-refractivity contribution in [1.29, 1.82) is 0 Å². The normalized spacial score (nSPS) is 17.6. The SMILES string of the molecule is Cl.NCc1cc(NC(=O)C2CNC(=O)C2)cc(C(F)(F)F)c1. The fraction of sp³-hybridized carbons (Fsp3) is 0.385. The smallest absolute Gasteiger partial charge is 0.355 e. The maximum Gasteiger partial charge on any atom is 0.416 e. The van der Waals surface area contributed by atoms with E-state index in [2.05, 4.69) is 10.6 Å². The molecule has 0 saturated carbocycles. The van der Waals surface area contributed by atoms with Crippen molar-refractivity contribution in [3.05, 3.63) is 29.3 Å². The topological polar surface area (TPSA) is 84.2 Å². The molecule has 1 fully saturated rings. The van der Waals surface area contributed by atoms with Crippen LogP contribution in [0.2, 0.25) is 0 Å². The van der Waals surface area contributed by atoms with Crippen LogP contribution in [0.1, 0.15) is 17.5 Å². The van der Waals surface area contributed by atoms with Gasteiger partial charge in [0.1, 0.15) is 0 Å². The van der Waals surface area contributed by atoms with Crippen molar-refractivity contribution in [3.8, 4) is 0 Å². The molecule has 1 heterocycles. The van der Waals surface area contributed by atoms with Crippen LogP contribution in [0, 0.1) is 5.92 Å². The lowest BCUT2D eigenvalue weighted by Gasteiger charge is -2.14. The van der Waals surface area contributed by atoms with Gasteiger partial charge in [-0.3, -0.25) is 9.59 Å². The molecule has 0 aliphatic carbocycles. The van der Waals surface area contributed by atoms with E-state index in [1.165, 1.54) is 6.07 Å². The van der Waals surface area contributed by atoms with E-state index in [0.29, 0.717) is 0 Å². The number of hydrogen-bond donors (Lipinski definition) is 3. The lowest BCUT2D eigenvalue weighted by Crippen LogP contribution is -2.25. The summed E-state index contributed by atoms with van der Waals surface area (Å²) < 4.78 is 38.3. The number of benzene rings is 1. The summed E-state index contributed by atoms with van der Waals surface area (Å²) in [6, 6.07) is 3.18. The number of rotatable bonds is 3. The monoisotopic (exact) mass is 337 g/mol. The van der Waals surface area contributed by atoms with Gasteiger partial charge in [0.2, 0.25) is 11.8 Å². The second-order valence-electron chi connectivity index (χ2n) is 4.81. The molecular weight excluding hydrogens is 323 g/mol. The molecule has 4 N–H and O–H groups in total. The Hall–Kier alpha value is -1.80. The van der Waals surface area contributed by atoms with E-state index in [-0.39, 0.29) is 49.1 Å². The van der Waals surface area contributed by atoms with E-state index in [9.17, 15) is 22.8 Å². The molecule has 1 saturated heterocycles. The zero-order chi connectivity index (χ0) is 15.6. The first-order chi connectivity index (χ1) is 9.79. The van der Waals surface area contributed by atoms with Gasteiger partial charge in [-0.25, -0.2) is 0 Å². The highest BCUT2D eigenvalue weighted by molar-refractivity contribution is 5.97. The molecule has 0 spiro atoms. The fourth-order valence-electron chi connectivity index (χ4n) is 2.08. The van der Waals surface area contributed by atoms with Crippen LogP contribution in [0.5, 0.6) is 0 Å². The number of amides is 2. The van der Waals surface area contributed by atoms with Gasteiger partial charge in [0.15, 0.2) is 0 Å². The number of carbonyl (C=O) groups is 2. The molecule has 5 nitrogen and oxygen atoms in total. The van der Waals surface area contributed by atoms with Crippen LogP contribution in [-0.2, 0) is 22.3 Å². The summed E-state index contributed by atoms with van der Waals surface area (Å²) in [5.74, 6) is -1.31. The van der Waals surface area contributed by atoms with Gasteiger partial charge in [-0.2, -0.15) is 13.2 Å². The van der Waals surface area contributed by atoms with Crippen LogP contribution in [0.15, 0.2) is 18.2 Å². The maximum atomic E-state index is 12.8. The second kappa shape index (κ2) is 6.97. The number of carbonyl (C=O) groups excluding carboxylic acids is 2. The van der Waals surface area contributed by atoms with Gasteiger partial charge in [0.25, 0.3) is 0 Å². The molecule has 122 valence electrons. The van der Waals surface area contributed by atoms with Crippen molar-refractivity contribution < 1.29 is 22.8 Å². The minimum Gasteiger partial charge on any atom is -0.355 e. The van der Waals surface area contributed by atoms with Crippen LogP contribution < -0.4 is 16.4 Å². The molecule has 0 radical (unpaired) electrons. The van der Waals surface area contributed by atoms with E-state index in [1.807, 2.05) is 0 Å². The first-order valence-electron chi connectivity index (χ1n) is 6.28. The predicted octanol–water partition coefficient (Wildman–Crippen LogP) is 1.66. The largest absolute Gasteiger partial charge is 0.416 e. The Morgan fingerprint density at radius 2 is 2.05 bits per heavy atom. The zero-order valence-electron chi connectivity index (χ0n) is 11.4. The highest BCUT2D eigenvalue weighted by atomic mass is 35.5. The van der Waals surface area contributed by atoms with Crippen LogP contribution in [0.3, 0.4) is 0 Å². The molecule has 1 aromatic rings. The number of alkyl halides is 3. The Labute approximate surface area is 130 Å². The molecular formula is C13H15ClF3N3O2. The lowest BCUT2D eigenvalue weighted by atomic mass is 10.1. The fourth-order valence-corrected chi connectivity index (χ4v) is 2.08. The van der Waals surface area contributed by atoms with Crippen molar-refractivity contribution in [1.82, 2.24) is 5.32 Å². The van der Waals surface area contributed by atoms with Crippen molar-refractivity contribution in [3.63, 3.8) is 0 Å². The number of anilines is 1. The molecule has 0 aromatic heterocycles. The molecule has 22 heavy (non-hydrogen) atoms. The predicted molar refractivity (Wildman–Crippen MR) is 76.3 cm³/mol.